The molecule has 1 amide bonds. The van der Waals surface area contributed by atoms with Crippen molar-refractivity contribution in [3.05, 3.63) is 24.4 Å². The summed E-state index contributed by atoms with van der Waals surface area (Å²) >= 11 is 6.32. The zero-order chi connectivity index (χ0) is 15.7. The van der Waals surface area contributed by atoms with Crippen molar-refractivity contribution in [2.24, 2.45) is 0 Å². The van der Waals surface area contributed by atoms with Gasteiger partial charge in [-0.15, -0.1) is 6.58 Å². The highest BCUT2D eigenvalue weighted by Gasteiger charge is 2.06. The van der Waals surface area contributed by atoms with E-state index in [1.807, 2.05) is 13.2 Å². The Morgan fingerprint density at radius 2 is 2.29 bits per heavy atom. The maximum atomic E-state index is 11.6. The van der Waals surface area contributed by atoms with Crippen molar-refractivity contribution in [3.8, 4) is 5.88 Å². The summed E-state index contributed by atoms with van der Waals surface area (Å²) in [6, 6.07) is 1.66. The van der Waals surface area contributed by atoms with E-state index >= 15 is 0 Å². The fraction of sp³-hybridized carbons (Fsp3) is 0.333. The van der Waals surface area contributed by atoms with Crippen LogP contribution in [0.5, 0.6) is 5.88 Å². The molecule has 9 heteroatoms. The van der Waals surface area contributed by atoms with E-state index in [4.69, 9.17) is 17.0 Å². The van der Waals surface area contributed by atoms with E-state index in [9.17, 15) is 4.79 Å². The summed E-state index contributed by atoms with van der Waals surface area (Å²) in [5.74, 6) is -0.0194. The molecule has 0 aliphatic rings. The molecule has 1 aromatic rings. The van der Waals surface area contributed by atoms with Crippen LogP contribution in [0.3, 0.4) is 0 Å². The molecule has 0 bridgehead atoms. The molecular formula is C12H17N5O2S2. The highest BCUT2D eigenvalue weighted by molar-refractivity contribution is 7.98. The summed E-state index contributed by atoms with van der Waals surface area (Å²) in [4.78, 5) is 19.9. The van der Waals surface area contributed by atoms with Gasteiger partial charge in [0.15, 0.2) is 16.9 Å². The van der Waals surface area contributed by atoms with Gasteiger partial charge < -0.3 is 10.1 Å². The van der Waals surface area contributed by atoms with E-state index in [1.165, 1.54) is 11.8 Å². The van der Waals surface area contributed by atoms with Crippen LogP contribution in [0, 0.1) is 6.92 Å². The van der Waals surface area contributed by atoms with Crippen molar-refractivity contribution < 1.29 is 9.53 Å². The molecule has 114 valence electrons. The van der Waals surface area contributed by atoms with Gasteiger partial charge in [0.25, 0.3) is 5.91 Å². The first kappa shape index (κ1) is 17.2. The van der Waals surface area contributed by atoms with Crippen molar-refractivity contribution >= 4 is 35.0 Å². The maximum Gasteiger partial charge on any atom is 0.276 e. The minimum atomic E-state index is -0.375. The lowest BCUT2D eigenvalue weighted by atomic mass is 10.4. The van der Waals surface area contributed by atoms with Crippen LogP contribution in [0.4, 0.5) is 0 Å². The van der Waals surface area contributed by atoms with Crippen LogP contribution in [-0.4, -0.2) is 40.4 Å². The number of hydrazine groups is 1. The molecule has 0 atom stereocenters. The molecule has 0 unspecified atom stereocenters. The average Bonchev–Trinajstić information content (AvgIpc) is 2.48. The van der Waals surface area contributed by atoms with E-state index in [1.54, 1.807) is 12.1 Å². The number of rotatable bonds is 6. The third-order valence-electron chi connectivity index (χ3n) is 2.07. The Morgan fingerprint density at radius 1 is 1.52 bits per heavy atom. The molecule has 1 rings (SSSR count). The molecule has 0 spiro atoms. The van der Waals surface area contributed by atoms with Crippen LogP contribution in [0.25, 0.3) is 0 Å². The Kier molecular flexibility index (Phi) is 7.48. The van der Waals surface area contributed by atoms with Gasteiger partial charge in [0, 0.05) is 18.3 Å². The quantitative estimate of drug-likeness (QED) is 0.230. The average molecular weight is 327 g/mol. The second-order valence-electron chi connectivity index (χ2n) is 3.79. The van der Waals surface area contributed by atoms with E-state index in [2.05, 4.69) is 32.7 Å². The van der Waals surface area contributed by atoms with Crippen molar-refractivity contribution in [1.29, 1.82) is 0 Å². The fourth-order valence-corrected chi connectivity index (χ4v) is 1.74. The van der Waals surface area contributed by atoms with Crippen LogP contribution < -0.4 is 20.9 Å². The second kappa shape index (κ2) is 9.14. The van der Waals surface area contributed by atoms with Crippen LogP contribution in [0.2, 0.25) is 0 Å². The first-order valence-corrected chi connectivity index (χ1v) is 7.64. The lowest BCUT2D eigenvalue weighted by Crippen LogP contribution is -2.48. The van der Waals surface area contributed by atoms with E-state index < -0.39 is 0 Å². The summed E-state index contributed by atoms with van der Waals surface area (Å²) in [5.41, 5.74) is 5.72. The van der Waals surface area contributed by atoms with E-state index in [0.717, 1.165) is 5.69 Å². The molecule has 0 radical (unpaired) electrons. The summed E-state index contributed by atoms with van der Waals surface area (Å²) in [5, 5.41) is 3.70. The Balaban J connectivity index is 2.37. The molecule has 21 heavy (non-hydrogen) atoms. The molecule has 0 aliphatic carbocycles. The first-order valence-electron chi connectivity index (χ1n) is 6.01. The SMILES string of the molecule is C=CCNC(=S)NNC(=O)COc1cc(C)nc(SC)n1. The number of hydrogen-bond donors (Lipinski definition) is 3. The number of thiocarbonyl (C=S) groups is 1. The minimum Gasteiger partial charge on any atom is -0.467 e. The molecule has 0 aromatic carbocycles. The molecular weight excluding hydrogens is 310 g/mol. The number of carbonyl (C=O) groups is 1. The van der Waals surface area contributed by atoms with Crippen LogP contribution >= 0.6 is 24.0 Å². The molecule has 0 saturated carbocycles. The van der Waals surface area contributed by atoms with Gasteiger partial charge in [-0.25, -0.2) is 4.98 Å². The number of aryl methyl sites for hydroxylation is 1. The third-order valence-corrected chi connectivity index (χ3v) is 2.86. The number of amides is 1. The van der Waals surface area contributed by atoms with Gasteiger partial charge in [0.1, 0.15) is 0 Å². The Bertz CT molecular complexity index is 524. The molecule has 0 saturated heterocycles. The fourth-order valence-electron chi connectivity index (χ4n) is 1.19. The number of hydrogen-bond acceptors (Lipinski definition) is 6. The zero-order valence-electron chi connectivity index (χ0n) is 11.8. The first-order chi connectivity index (χ1) is 10.0. The van der Waals surface area contributed by atoms with Crippen molar-refractivity contribution in [1.82, 2.24) is 26.1 Å². The predicted molar refractivity (Wildman–Crippen MR) is 86.1 cm³/mol. The van der Waals surface area contributed by atoms with Crippen LogP contribution in [-0.2, 0) is 4.79 Å². The van der Waals surface area contributed by atoms with Crippen molar-refractivity contribution in [3.63, 3.8) is 0 Å². The monoisotopic (exact) mass is 327 g/mol. The van der Waals surface area contributed by atoms with Gasteiger partial charge in [-0.2, -0.15) is 4.98 Å². The van der Waals surface area contributed by atoms with E-state index in [-0.39, 0.29) is 12.5 Å². The summed E-state index contributed by atoms with van der Waals surface area (Å²) < 4.78 is 5.31. The predicted octanol–water partition coefficient (Wildman–Crippen LogP) is 0.567. The Morgan fingerprint density at radius 3 is 2.95 bits per heavy atom. The van der Waals surface area contributed by atoms with Crippen LogP contribution in [0.15, 0.2) is 23.9 Å². The van der Waals surface area contributed by atoms with Gasteiger partial charge in [0.05, 0.1) is 0 Å². The smallest absolute Gasteiger partial charge is 0.276 e. The highest BCUT2D eigenvalue weighted by Crippen LogP contribution is 2.14. The molecule has 3 N–H and O–H groups in total. The molecule has 1 aromatic heterocycles. The lowest BCUT2D eigenvalue weighted by molar-refractivity contribution is -0.123. The van der Waals surface area contributed by atoms with Gasteiger partial charge in [-0.1, -0.05) is 17.8 Å². The molecule has 1 heterocycles. The Hall–Kier alpha value is -1.87. The van der Waals surface area contributed by atoms with E-state index in [0.29, 0.717) is 22.7 Å². The normalized spacial score (nSPS) is 9.62. The largest absolute Gasteiger partial charge is 0.467 e. The highest BCUT2D eigenvalue weighted by atomic mass is 32.2. The lowest BCUT2D eigenvalue weighted by Gasteiger charge is -2.11. The number of nitrogens with zero attached hydrogens (tertiary/aromatic N) is 2. The molecule has 7 nitrogen and oxygen atoms in total. The van der Waals surface area contributed by atoms with Gasteiger partial charge in [-0.05, 0) is 25.4 Å². The van der Waals surface area contributed by atoms with Gasteiger partial charge in [-0.3, -0.25) is 15.6 Å². The summed E-state index contributed by atoms with van der Waals surface area (Å²) in [6.07, 6.45) is 3.52. The standard InChI is InChI=1S/C12H17N5O2S2/c1-4-5-13-11(20)17-16-9(18)7-19-10-6-8(2)14-12(15-10)21-3/h4,6H,1,5,7H2,2-3H3,(H,16,18)(H2,13,17,20). The zero-order valence-corrected chi connectivity index (χ0v) is 13.4. The summed E-state index contributed by atoms with van der Waals surface area (Å²) in [7, 11) is 0. The number of ether oxygens (including phenoxy) is 1. The maximum absolute atomic E-state index is 11.6. The molecule has 0 fully saturated rings. The third kappa shape index (κ3) is 6.91. The number of thioether (sulfide) groups is 1. The topological polar surface area (TPSA) is 88.2 Å². The Labute approximate surface area is 132 Å². The number of carbonyl (C=O) groups excluding carboxylic acids is 1. The van der Waals surface area contributed by atoms with Crippen LogP contribution in [0.1, 0.15) is 5.69 Å². The summed E-state index contributed by atoms with van der Waals surface area (Å²) in [6.45, 7) is 5.70. The minimum absolute atomic E-state index is 0.179. The van der Waals surface area contributed by atoms with Gasteiger partial charge >= 0.3 is 0 Å². The second-order valence-corrected chi connectivity index (χ2v) is 4.98. The van der Waals surface area contributed by atoms with Gasteiger partial charge in [0.2, 0.25) is 5.88 Å². The number of aromatic nitrogens is 2. The van der Waals surface area contributed by atoms with Crippen molar-refractivity contribution in [2.45, 2.75) is 12.1 Å². The molecule has 0 aliphatic heterocycles. The van der Waals surface area contributed by atoms with Crippen molar-refractivity contribution in [2.75, 3.05) is 19.4 Å². The number of nitrogens with one attached hydrogen (secondary N) is 3.